The summed E-state index contributed by atoms with van der Waals surface area (Å²) in [5, 5.41) is 0. The molecule has 0 spiro atoms. The highest BCUT2D eigenvalue weighted by Crippen LogP contribution is 2.68. The lowest BCUT2D eigenvalue weighted by molar-refractivity contribution is -0.149. The predicted molar refractivity (Wildman–Crippen MR) is 127 cm³/mol. The number of rotatable bonds is 3. The standard InChI is InChI=1S/C29H42O4/c1-17(30)27-23(21-7-5-6-8-26(21)32)16-25-22-10-9-19-15-20(33-18(2)31)11-13-28(19,3)24(22)12-14-29(25,27)4/h9,20-25,27H,5-8,10-16H2,1-4H3/t20-,21?,22+,23-,24-,25-,27-,28-,29-/m0/s1. The molecular weight excluding hydrogens is 412 g/mol. The van der Waals surface area contributed by atoms with E-state index in [1.165, 1.54) is 18.9 Å². The van der Waals surface area contributed by atoms with Gasteiger partial charge < -0.3 is 4.74 Å². The summed E-state index contributed by atoms with van der Waals surface area (Å²) in [6.45, 7) is 8.16. The quantitative estimate of drug-likeness (QED) is 0.383. The Labute approximate surface area is 199 Å². The first-order valence-electron chi connectivity index (χ1n) is 13.5. The molecule has 33 heavy (non-hydrogen) atoms. The number of hydrogen-bond donors (Lipinski definition) is 0. The van der Waals surface area contributed by atoms with Crippen molar-refractivity contribution in [3.63, 3.8) is 0 Å². The van der Waals surface area contributed by atoms with Crippen molar-refractivity contribution in [1.82, 2.24) is 0 Å². The van der Waals surface area contributed by atoms with E-state index in [4.69, 9.17) is 4.74 Å². The number of hydrogen-bond acceptors (Lipinski definition) is 4. The van der Waals surface area contributed by atoms with Gasteiger partial charge in [0.05, 0.1) is 0 Å². The number of fused-ring (bicyclic) bond motifs is 5. The van der Waals surface area contributed by atoms with Gasteiger partial charge in [-0.2, -0.15) is 0 Å². The lowest BCUT2D eigenvalue weighted by Gasteiger charge is -2.58. The minimum Gasteiger partial charge on any atom is -0.462 e. The van der Waals surface area contributed by atoms with Crippen LogP contribution in [0.1, 0.15) is 98.3 Å². The minimum absolute atomic E-state index is 0.0301. The Kier molecular flexibility index (Phi) is 5.89. The van der Waals surface area contributed by atoms with E-state index in [9.17, 15) is 14.4 Å². The van der Waals surface area contributed by atoms with Crippen LogP contribution < -0.4 is 0 Å². The van der Waals surface area contributed by atoms with Crippen LogP contribution in [-0.4, -0.2) is 23.6 Å². The van der Waals surface area contributed by atoms with Crippen LogP contribution >= 0.6 is 0 Å². The third-order valence-corrected chi connectivity index (χ3v) is 11.1. The lowest BCUT2D eigenvalue weighted by atomic mass is 9.47. The van der Waals surface area contributed by atoms with Gasteiger partial charge in [-0.05, 0) is 92.8 Å². The summed E-state index contributed by atoms with van der Waals surface area (Å²) in [5.41, 5.74) is 1.72. The van der Waals surface area contributed by atoms with Crippen molar-refractivity contribution in [3.8, 4) is 0 Å². The molecule has 5 aliphatic rings. The molecule has 4 fully saturated rings. The summed E-state index contributed by atoms with van der Waals surface area (Å²) < 4.78 is 5.59. The average Bonchev–Trinajstić information content (AvgIpc) is 3.07. The van der Waals surface area contributed by atoms with Gasteiger partial charge in [0.25, 0.3) is 0 Å². The molecular formula is C29H42O4. The van der Waals surface area contributed by atoms with Crippen molar-refractivity contribution in [3.05, 3.63) is 11.6 Å². The van der Waals surface area contributed by atoms with Crippen LogP contribution in [0.5, 0.6) is 0 Å². The van der Waals surface area contributed by atoms with Crippen LogP contribution in [0.2, 0.25) is 0 Å². The van der Waals surface area contributed by atoms with E-state index < -0.39 is 0 Å². The lowest BCUT2D eigenvalue weighted by Crippen LogP contribution is -2.51. The van der Waals surface area contributed by atoms with Crippen LogP contribution in [0.3, 0.4) is 0 Å². The summed E-state index contributed by atoms with van der Waals surface area (Å²) in [6.07, 6.45) is 13.7. The number of carbonyl (C=O) groups is 3. The number of esters is 1. The van der Waals surface area contributed by atoms with Gasteiger partial charge in [0.15, 0.2) is 0 Å². The summed E-state index contributed by atoms with van der Waals surface area (Å²) in [4.78, 5) is 37.5. The third-order valence-electron chi connectivity index (χ3n) is 11.1. The molecule has 0 amide bonds. The second kappa shape index (κ2) is 8.34. The fourth-order valence-corrected chi connectivity index (χ4v) is 9.68. The van der Waals surface area contributed by atoms with Gasteiger partial charge in [-0.1, -0.05) is 31.9 Å². The second-order valence-electron chi connectivity index (χ2n) is 12.6. The number of carbonyl (C=O) groups excluding carboxylic acids is 3. The zero-order chi connectivity index (χ0) is 23.5. The van der Waals surface area contributed by atoms with Gasteiger partial charge in [0.2, 0.25) is 0 Å². The average molecular weight is 455 g/mol. The number of allylic oxidation sites excluding steroid dienone is 1. The highest BCUT2D eigenvalue weighted by atomic mass is 16.5. The second-order valence-corrected chi connectivity index (χ2v) is 12.6. The van der Waals surface area contributed by atoms with Crippen molar-refractivity contribution >= 4 is 17.5 Å². The molecule has 0 radical (unpaired) electrons. The fourth-order valence-electron chi connectivity index (χ4n) is 9.68. The Bertz CT molecular complexity index is 873. The molecule has 5 rings (SSSR count). The number of ketones is 2. The maximum atomic E-state index is 13.1. The first-order valence-corrected chi connectivity index (χ1v) is 13.5. The Morgan fingerprint density at radius 1 is 1.00 bits per heavy atom. The Morgan fingerprint density at radius 3 is 2.48 bits per heavy atom. The Morgan fingerprint density at radius 2 is 1.79 bits per heavy atom. The van der Waals surface area contributed by atoms with Crippen molar-refractivity contribution < 1.29 is 19.1 Å². The topological polar surface area (TPSA) is 60.4 Å². The minimum atomic E-state index is -0.171. The van der Waals surface area contributed by atoms with E-state index >= 15 is 0 Å². The molecule has 4 saturated carbocycles. The molecule has 0 aliphatic heterocycles. The Balaban J connectivity index is 1.44. The molecule has 0 heterocycles. The van der Waals surface area contributed by atoms with Crippen LogP contribution in [0.25, 0.3) is 0 Å². The summed E-state index contributed by atoms with van der Waals surface area (Å²) in [7, 11) is 0. The molecule has 4 heteroatoms. The molecule has 1 unspecified atom stereocenters. The maximum Gasteiger partial charge on any atom is 0.302 e. The molecule has 4 nitrogen and oxygen atoms in total. The number of Topliss-reactive ketones (excluding diaryl/α,β-unsaturated/α-hetero) is 2. The first kappa shape index (κ1) is 23.3. The van der Waals surface area contributed by atoms with E-state index in [1.54, 1.807) is 6.92 Å². The van der Waals surface area contributed by atoms with Gasteiger partial charge in [-0.3, -0.25) is 14.4 Å². The van der Waals surface area contributed by atoms with Gasteiger partial charge in [0, 0.05) is 31.6 Å². The summed E-state index contributed by atoms with van der Waals surface area (Å²) >= 11 is 0. The fraction of sp³-hybridized carbons (Fsp3) is 0.828. The van der Waals surface area contributed by atoms with Crippen LogP contribution in [0.4, 0.5) is 0 Å². The highest BCUT2D eigenvalue weighted by Gasteiger charge is 2.63. The summed E-state index contributed by atoms with van der Waals surface area (Å²) in [6, 6.07) is 0. The van der Waals surface area contributed by atoms with Crippen LogP contribution in [0.15, 0.2) is 11.6 Å². The largest absolute Gasteiger partial charge is 0.462 e. The molecule has 0 saturated heterocycles. The van der Waals surface area contributed by atoms with E-state index in [0.717, 1.165) is 57.8 Å². The van der Waals surface area contributed by atoms with E-state index in [2.05, 4.69) is 19.9 Å². The first-order chi connectivity index (χ1) is 15.6. The predicted octanol–water partition coefficient (Wildman–Crippen LogP) is 6.07. The molecule has 182 valence electrons. The smallest absolute Gasteiger partial charge is 0.302 e. The molecule has 0 N–H and O–H groups in total. The van der Waals surface area contributed by atoms with Crippen molar-refractivity contribution in [1.29, 1.82) is 0 Å². The SMILES string of the molecule is CC(=O)O[C@H]1CC[C@@]2(C)C(=CC[C@H]3[C@@H]4C[C@@H](C5CCCCC5=O)[C@H](C(C)=O)[C@@]4(C)CC[C@@H]32)C1. The molecule has 0 aromatic rings. The Hall–Kier alpha value is -1.45. The number of ether oxygens (including phenoxy) is 1. The van der Waals surface area contributed by atoms with Crippen LogP contribution in [0, 0.1) is 46.3 Å². The van der Waals surface area contributed by atoms with Crippen LogP contribution in [-0.2, 0) is 19.1 Å². The van der Waals surface area contributed by atoms with E-state index in [-0.39, 0.29) is 40.7 Å². The van der Waals surface area contributed by atoms with E-state index in [0.29, 0.717) is 35.7 Å². The third kappa shape index (κ3) is 3.65. The maximum absolute atomic E-state index is 13.1. The monoisotopic (exact) mass is 454 g/mol. The van der Waals surface area contributed by atoms with Crippen molar-refractivity contribution in [2.45, 2.75) is 104 Å². The van der Waals surface area contributed by atoms with Gasteiger partial charge in [-0.25, -0.2) is 0 Å². The zero-order valence-corrected chi connectivity index (χ0v) is 21.0. The molecule has 0 aromatic carbocycles. The molecule has 9 atom stereocenters. The van der Waals surface area contributed by atoms with Crippen molar-refractivity contribution in [2.75, 3.05) is 0 Å². The van der Waals surface area contributed by atoms with E-state index in [1.807, 2.05) is 0 Å². The van der Waals surface area contributed by atoms with Crippen molar-refractivity contribution in [2.24, 2.45) is 46.3 Å². The highest BCUT2D eigenvalue weighted by molar-refractivity contribution is 5.85. The normalized spacial score (nSPS) is 47.1. The zero-order valence-electron chi connectivity index (χ0n) is 21.0. The van der Waals surface area contributed by atoms with Gasteiger partial charge >= 0.3 is 5.97 Å². The summed E-state index contributed by atoms with van der Waals surface area (Å²) in [5.74, 6) is 2.77. The van der Waals surface area contributed by atoms with Gasteiger partial charge in [-0.15, -0.1) is 0 Å². The molecule has 0 aromatic heterocycles. The molecule has 0 bridgehead atoms. The molecule has 5 aliphatic carbocycles. The van der Waals surface area contributed by atoms with Gasteiger partial charge in [0.1, 0.15) is 17.7 Å².